The molecule has 2 rings (SSSR count). The van der Waals surface area contributed by atoms with Gasteiger partial charge >= 0.3 is 0 Å². The number of hydrogen-bond acceptors (Lipinski definition) is 2. The summed E-state index contributed by atoms with van der Waals surface area (Å²) in [6.45, 7) is 1.92. The van der Waals surface area contributed by atoms with E-state index in [4.69, 9.17) is 16.3 Å². The van der Waals surface area contributed by atoms with Crippen molar-refractivity contribution in [1.82, 2.24) is 4.98 Å². The van der Waals surface area contributed by atoms with E-state index in [1.807, 2.05) is 31.2 Å². The molecule has 2 aromatic rings. The van der Waals surface area contributed by atoms with Crippen LogP contribution in [0.15, 0.2) is 24.3 Å². The van der Waals surface area contributed by atoms with Crippen molar-refractivity contribution in [2.45, 2.75) is 6.92 Å². The van der Waals surface area contributed by atoms with Crippen LogP contribution in [0.4, 0.5) is 0 Å². The Morgan fingerprint density at radius 3 is 2.86 bits per heavy atom. The van der Waals surface area contributed by atoms with Gasteiger partial charge in [-0.2, -0.15) is 0 Å². The molecule has 0 aliphatic carbocycles. The topological polar surface area (TPSA) is 22.1 Å². The van der Waals surface area contributed by atoms with Crippen molar-refractivity contribution in [3.05, 3.63) is 35.0 Å². The van der Waals surface area contributed by atoms with Crippen LogP contribution in [0, 0.1) is 6.92 Å². The minimum absolute atomic E-state index is 0.685. The predicted molar refractivity (Wildman–Crippen MR) is 58.0 cm³/mol. The van der Waals surface area contributed by atoms with E-state index in [9.17, 15) is 0 Å². The molecule has 0 saturated heterocycles. The number of aryl methyl sites for hydroxylation is 1. The van der Waals surface area contributed by atoms with Gasteiger partial charge in [0.1, 0.15) is 5.75 Å². The molecule has 0 aliphatic heterocycles. The van der Waals surface area contributed by atoms with Crippen molar-refractivity contribution in [2.75, 3.05) is 7.11 Å². The number of aromatic nitrogens is 1. The number of fused-ring (bicyclic) bond motifs is 1. The number of methoxy groups -OCH3 is 1. The minimum atomic E-state index is 0.685. The molecule has 0 amide bonds. The largest absolute Gasteiger partial charge is 0.496 e. The lowest BCUT2D eigenvalue weighted by molar-refractivity contribution is 0.420. The molecule has 0 fully saturated rings. The first kappa shape index (κ1) is 9.28. The second-order valence-corrected chi connectivity index (χ2v) is 3.51. The predicted octanol–water partition coefficient (Wildman–Crippen LogP) is 3.21. The summed E-state index contributed by atoms with van der Waals surface area (Å²) < 4.78 is 5.22. The average Bonchev–Trinajstić information content (AvgIpc) is 2.16. The maximum atomic E-state index is 6.13. The van der Waals surface area contributed by atoms with E-state index in [-0.39, 0.29) is 0 Å². The van der Waals surface area contributed by atoms with Gasteiger partial charge in [-0.25, -0.2) is 0 Å². The van der Waals surface area contributed by atoms with Gasteiger partial charge in [-0.1, -0.05) is 17.7 Å². The quantitative estimate of drug-likeness (QED) is 0.717. The van der Waals surface area contributed by atoms with E-state index in [1.54, 1.807) is 7.11 Å². The van der Waals surface area contributed by atoms with Crippen molar-refractivity contribution >= 4 is 22.5 Å². The Bertz CT molecular complexity index is 482. The smallest absolute Gasteiger partial charge is 0.129 e. The maximum absolute atomic E-state index is 6.13. The monoisotopic (exact) mass is 207 g/mol. The van der Waals surface area contributed by atoms with Crippen LogP contribution in [-0.4, -0.2) is 12.1 Å². The fraction of sp³-hybridized carbons (Fsp3) is 0.182. The molecule has 2 nitrogen and oxygen atoms in total. The highest BCUT2D eigenvalue weighted by atomic mass is 35.5. The molecule has 0 aliphatic rings. The number of ether oxygens (including phenoxy) is 1. The molecule has 0 unspecified atom stereocenters. The zero-order valence-electron chi connectivity index (χ0n) is 8.04. The first-order chi connectivity index (χ1) is 6.72. The van der Waals surface area contributed by atoms with Gasteiger partial charge in [-0.15, -0.1) is 0 Å². The van der Waals surface area contributed by atoms with E-state index in [0.717, 1.165) is 22.3 Å². The Morgan fingerprint density at radius 1 is 1.36 bits per heavy atom. The van der Waals surface area contributed by atoms with E-state index in [0.29, 0.717) is 5.02 Å². The molecule has 0 saturated carbocycles. The van der Waals surface area contributed by atoms with Crippen molar-refractivity contribution in [3.8, 4) is 5.75 Å². The Kier molecular flexibility index (Phi) is 2.30. The summed E-state index contributed by atoms with van der Waals surface area (Å²) in [6, 6.07) is 7.55. The molecule has 0 atom stereocenters. The molecular weight excluding hydrogens is 198 g/mol. The first-order valence-corrected chi connectivity index (χ1v) is 4.70. The third kappa shape index (κ3) is 1.42. The molecule has 0 N–H and O–H groups in total. The lowest BCUT2D eigenvalue weighted by Gasteiger charge is -2.06. The summed E-state index contributed by atoms with van der Waals surface area (Å²) in [6.07, 6.45) is 0. The normalized spacial score (nSPS) is 10.5. The van der Waals surface area contributed by atoms with Gasteiger partial charge < -0.3 is 4.74 Å². The molecule has 1 aromatic carbocycles. The van der Waals surface area contributed by atoms with Gasteiger partial charge in [0.2, 0.25) is 0 Å². The summed E-state index contributed by atoms with van der Waals surface area (Å²) in [5.74, 6) is 0.764. The zero-order valence-corrected chi connectivity index (χ0v) is 8.80. The molecule has 72 valence electrons. The molecule has 1 heterocycles. The number of pyridine rings is 1. The molecular formula is C11H10ClNO. The second kappa shape index (κ2) is 3.46. The summed E-state index contributed by atoms with van der Waals surface area (Å²) in [4.78, 5) is 4.38. The van der Waals surface area contributed by atoms with Crippen LogP contribution in [0.5, 0.6) is 5.75 Å². The highest BCUT2D eigenvalue weighted by Crippen LogP contribution is 2.31. The van der Waals surface area contributed by atoms with E-state index in [1.165, 1.54) is 0 Å². The Labute approximate surface area is 87.5 Å². The lowest BCUT2D eigenvalue weighted by atomic mass is 10.2. The van der Waals surface area contributed by atoms with Gasteiger partial charge in [-0.3, -0.25) is 4.98 Å². The zero-order chi connectivity index (χ0) is 10.1. The molecule has 0 bridgehead atoms. The molecule has 0 radical (unpaired) electrons. The minimum Gasteiger partial charge on any atom is -0.496 e. The van der Waals surface area contributed by atoms with Crippen LogP contribution in [0.1, 0.15) is 5.69 Å². The van der Waals surface area contributed by atoms with Crippen LogP contribution >= 0.6 is 11.6 Å². The maximum Gasteiger partial charge on any atom is 0.129 e. The number of halogens is 1. The lowest BCUT2D eigenvalue weighted by Crippen LogP contribution is -1.89. The van der Waals surface area contributed by atoms with Gasteiger partial charge in [0, 0.05) is 5.69 Å². The number of benzene rings is 1. The van der Waals surface area contributed by atoms with Gasteiger partial charge in [0.25, 0.3) is 0 Å². The van der Waals surface area contributed by atoms with Crippen molar-refractivity contribution in [2.24, 2.45) is 0 Å². The Hall–Kier alpha value is -1.28. The third-order valence-corrected chi connectivity index (χ3v) is 2.39. The average molecular weight is 208 g/mol. The fourth-order valence-corrected chi connectivity index (χ4v) is 1.85. The van der Waals surface area contributed by atoms with Crippen molar-refractivity contribution in [1.29, 1.82) is 0 Å². The van der Waals surface area contributed by atoms with Crippen LogP contribution in [0.2, 0.25) is 5.02 Å². The molecule has 3 heteroatoms. The molecule has 1 aromatic heterocycles. The van der Waals surface area contributed by atoms with Gasteiger partial charge in [0.15, 0.2) is 0 Å². The standard InChI is InChI=1S/C11H10ClNO/c1-7-6-8(12)11-9(13-7)4-3-5-10(11)14-2/h3-6H,1-2H3. The van der Waals surface area contributed by atoms with Crippen LogP contribution in [-0.2, 0) is 0 Å². The SMILES string of the molecule is COc1cccc2nc(C)cc(Cl)c12. The van der Waals surface area contributed by atoms with E-state index < -0.39 is 0 Å². The second-order valence-electron chi connectivity index (χ2n) is 3.10. The molecule has 14 heavy (non-hydrogen) atoms. The van der Waals surface area contributed by atoms with Crippen LogP contribution in [0.25, 0.3) is 10.9 Å². The molecule has 0 spiro atoms. The Morgan fingerprint density at radius 2 is 2.14 bits per heavy atom. The number of nitrogens with zero attached hydrogens (tertiary/aromatic N) is 1. The summed E-state index contributed by atoms with van der Waals surface area (Å²) in [7, 11) is 1.63. The highest BCUT2D eigenvalue weighted by Gasteiger charge is 2.06. The highest BCUT2D eigenvalue weighted by molar-refractivity contribution is 6.35. The number of rotatable bonds is 1. The van der Waals surface area contributed by atoms with E-state index in [2.05, 4.69) is 4.98 Å². The van der Waals surface area contributed by atoms with Gasteiger partial charge in [-0.05, 0) is 25.1 Å². The van der Waals surface area contributed by atoms with Gasteiger partial charge in [0.05, 0.1) is 23.0 Å². The Balaban J connectivity index is 2.87. The van der Waals surface area contributed by atoms with Crippen molar-refractivity contribution < 1.29 is 4.74 Å². The van der Waals surface area contributed by atoms with E-state index >= 15 is 0 Å². The van der Waals surface area contributed by atoms with Crippen LogP contribution < -0.4 is 4.74 Å². The summed E-state index contributed by atoms with van der Waals surface area (Å²) >= 11 is 6.13. The van der Waals surface area contributed by atoms with Crippen molar-refractivity contribution in [3.63, 3.8) is 0 Å². The summed E-state index contributed by atoms with van der Waals surface area (Å²) in [5, 5.41) is 1.56. The summed E-state index contributed by atoms with van der Waals surface area (Å²) in [5.41, 5.74) is 1.78. The first-order valence-electron chi connectivity index (χ1n) is 4.32. The van der Waals surface area contributed by atoms with Crippen LogP contribution in [0.3, 0.4) is 0 Å². The fourth-order valence-electron chi connectivity index (χ4n) is 1.50. The third-order valence-electron chi connectivity index (χ3n) is 2.10. The number of hydrogen-bond donors (Lipinski definition) is 0.